The van der Waals surface area contributed by atoms with E-state index in [1.54, 1.807) is 0 Å². The SMILES string of the molecule is CC(=O)Nc1cccc2c1C(=O)N(C1CC(O)C(=O)NC1=O)C2=O. The molecular weight excluding hydrogens is 318 g/mol. The number of aliphatic hydroxyl groups is 1. The molecule has 1 saturated heterocycles. The Balaban J connectivity index is 2.00. The number of anilines is 1. The van der Waals surface area contributed by atoms with E-state index in [0.717, 1.165) is 0 Å². The van der Waals surface area contributed by atoms with E-state index in [1.165, 1.54) is 25.1 Å². The van der Waals surface area contributed by atoms with Crippen LogP contribution in [-0.2, 0) is 14.4 Å². The maximum absolute atomic E-state index is 12.6. The molecule has 5 amide bonds. The predicted octanol–water partition coefficient (Wildman–Crippen LogP) is -0.983. The lowest BCUT2D eigenvalue weighted by molar-refractivity contribution is -0.143. The standard InChI is InChI=1S/C15H13N3O6/c1-6(19)16-8-4-2-3-7-11(8)15(24)18(14(7)23)9-5-10(20)13(22)17-12(9)21/h2-4,9-10,20H,5H2,1H3,(H,16,19)(H,17,21,22). The molecule has 24 heavy (non-hydrogen) atoms. The maximum atomic E-state index is 12.6. The molecule has 1 aromatic carbocycles. The molecule has 9 heteroatoms. The van der Waals surface area contributed by atoms with E-state index in [9.17, 15) is 29.1 Å². The highest BCUT2D eigenvalue weighted by molar-refractivity contribution is 6.26. The first-order valence-corrected chi connectivity index (χ1v) is 7.12. The second-order valence-corrected chi connectivity index (χ2v) is 5.51. The summed E-state index contributed by atoms with van der Waals surface area (Å²) < 4.78 is 0. The molecule has 2 heterocycles. The minimum atomic E-state index is -1.49. The van der Waals surface area contributed by atoms with E-state index in [4.69, 9.17) is 0 Å². The van der Waals surface area contributed by atoms with Crippen molar-refractivity contribution >= 4 is 35.2 Å². The van der Waals surface area contributed by atoms with Crippen LogP contribution in [0, 0.1) is 0 Å². The van der Waals surface area contributed by atoms with Gasteiger partial charge in [0.05, 0.1) is 16.8 Å². The van der Waals surface area contributed by atoms with Crippen LogP contribution in [-0.4, -0.2) is 51.7 Å². The van der Waals surface area contributed by atoms with Crippen LogP contribution in [0.2, 0.25) is 0 Å². The molecule has 3 N–H and O–H groups in total. The van der Waals surface area contributed by atoms with E-state index in [2.05, 4.69) is 5.32 Å². The smallest absolute Gasteiger partial charge is 0.264 e. The maximum Gasteiger partial charge on any atom is 0.264 e. The van der Waals surface area contributed by atoms with Crippen molar-refractivity contribution in [3.63, 3.8) is 0 Å². The van der Waals surface area contributed by atoms with Crippen molar-refractivity contribution in [2.45, 2.75) is 25.5 Å². The van der Waals surface area contributed by atoms with Gasteiger partial charge in [0, 0.05) is 13.3 Å². The van der Waals surface area contributed by atoms with Gasteiger partial charge in [-0.1, -0.05) is 6.07 Å². The summed E-state index contributed by atoms with van der Waals surface area (Å²) in [6, 6.07) is 3.07. The number of piperidine rings is 1. The Labute approximate surface area is 135 Å². The third-order valence-electron chi connectivity index (χ3n) is 3.87. The molecule has 9 nitrogen and oxygen atoms in total. The first-order chi connectivity index (χ1) is 11.3. The average molecular weight is 331 g/mol. The molecule has 0 saturated carbocycles. The van der Waals surface area contributed by atoms with E-state index in [0.29, 0.717) is 4.90 Å². The highest BCUT2D eigenvalue weighted by Gasteiger charge is 2.47. The summed E-state index contributed by atoms with van der Waals surface area (Å²) in [5.74, 6) is -3.60. The Hall–Kier alpha value is -3.07. The highest BCUT2D eigenvalue weighted by Crippen LogP contribution is 2.32. The van der Waals surface area contributed by atoms with Crippen molar-refractivity contribution in [1.29, 1.82) is 0 Å². The van der Waals surface area contributed by atoms with Gasteiger partial charge in [-0.25, -0.2) is 0 Å². The molecule has 0 radical (unpaired) electrons. The minimum absolute atomic E-state index is 0.0168. The molecule has 0 bridgehead atoms. The van der Waals surface area contributed by atoms with Gasteiger partial charge in [-0.3, -0.25) is 34.2 Å². The van der Waals surface area contributed by atoms with Gasteiger partial charge in [-0.2, -0.15) is 0 Å². The Morgan fingerprint density at radius 2 is 1.92 bits per heavy atom. The lowest BCUT2D eigenvalue weighted by Gasteiger charge is -2.30. The molecule has 0 aromatic heterocycles. The molecule has 2 atom stereocenters. The largest absolute Gasteiger partial charge is 0.383 e. The molecule has 2 aliphatic rings. The summed E-state index contributed by atoms with van der Waals surface area (Å²) in [5, 5.41) is 14.0. The van der Waals surface area contributed by atoms with Crippen molar-refractivity contribution in [3.05, 3.63) is 29.3 Å². The number of rotatable bonds is 2. The number of benzene rings is 1. The Bertz CT molecular complexity index is 802. The molecule has 0 aliphatic carbocycles. The average Bonchev–Trinajstić information content (AvgIpc) is 2.75. The van der Waals surface area contributed by atoms with Gasteiger partial charge in [0.15, 0.2) is 0 Å². The molecule has 1 aromatic rings. The minimum Gasteiger partial charge on any atom is -0.383 e. The number of nitrogens with one attached hydrogen (secondary N) is 2. The Morgan fingerprint density at radius 1 is 1.21 bits per heavy atom. The summed E-state index contributed by atoms with van der Waals surface area (Å²) >= 11 is 0. The number of imide groups is 2. The second-order valence-electron chi connectivity index (χ2n) is 5.51. The fourth-order valence-electron chi connectivity index (χ4n) is 2.82. The number of aliphatic hydroxyl groups excluding tert-OH is 1. The van der Waals surface area contributed by atoms with Gasteiger partial charge in [0.1, 0.15) is 12.1 Å². The summed E-state index contributed by atoms with van der Waals surface area (Å²) in [5.41, 5.74) is 0.191. The van der Waals surface area contributed by atoms with Crippen molar-refractivity contribution in [3.8, 4) is 0 Å². The monoisotopic (exact) mass is 331 g/mol. The van der Waals surface area contributed by atoms with Crippen LogP contribution in [0.3, 0.4) is 0 Å². The number of hydrogen-bond acceptors (Lipinski definition) is 6. The first kappa shape index (κ1) is 15.8. The van der Waals surface area contributed by atoms with Crippen LogP contribution in [0.5, 0.6) is 0 Å². The van der Waals surface area contributed by atoms with Crippen molar-refractivity contribution in [1.82, 2.24) is 10.2 Å². The van der Waals surface area contributed by atoms with Crippen LogP contribution < -0.4 is 10.6 Å². The zero-order valence-electron chi connectivity index (χ0n) is 12.5. The van der Waals surface area contributed by atoms with Crippen LogP contribution in [0.1, 0.15) is 34.1 Å². The van der Waals surface area contributed by atoms with Crippen LogP contribution >= 0.6 is 0 Å². The predicted molar refractivity (Wildman–Crippen MR) is 78.8 cm³/mol. The van der Waals surface area contributed by atoms with Crippen molar-refractivity contribution < 1.29 is 29.1 Å². The summed E-state index contributed by atoms with van der Waals surface area (Å²) in [6.07, 6.45) is -1.86. The number of carbonyl (C=O) groups excluding carboxylic acids is 5. The molecule has 3 rings (SSSR count). The highest BCUT2D eigenvalue weighted by atomic mass is 16.3. The molecule has 124 valence electrons. The lowest BCUT2D eigenvalue weighted by Crippen LogP contribution is -2.58. The number of carbonyl (C=O) groups is 5. The Kier molecular flexibility index (Phi) is 3.64. The van der Waals surface area contributed by atoms with Crippen LogP contribution in [0.15, 0.2) is 18.2 Å². The van der Waals surface area contributed by atoms with E-state index in [-0.39, 0.29) is 23.2 Å². The van der Waals surface area contributed by atoms with E-state index >= 15 is 0 Å². The van der Waals surface area contributed by atoms with Gasteiger partial charge in [-0.15, -0.1) is 0 Å². The summed E-state index contributed by atoms with van der Waals surface area (Å²) in [6.45, 7) is 1.26. The molecule has 2 aliphatic heterocycles. The quantitative estimate of drug-likeness (QED) is 0.596. The summed E-state index contributed by atoms with van der Waals surface area (Å²) in [4.78, 5) is 60.4. The number of hydrogen-bond donors (Lipinski definition) is 3. The Morgan fingerprint density at radius 3 is 2.58 bits per heavy atom. The fourth-order valence-corrected chi connectivity index (χ4v) is 2.82. The molecule has 1 fully saturated rings. The van der Waals surface area contributed by atoms with E-state index < -0.39 is 41.7 Å². The fraction of sp³-hybridized carbons (Fsp3) is 0.267. The van der Waals surface area contributed by atoms with Gasteiger partial charge in [0.2, 0.25) is 11.8 Å². The van der Waals surface area contributed by atoms with Gasteiger partial charge >= 0.3 is 0 Å². The normalized spacial score (nSPS) is 23.2. The third-order valence-corrected chi connectivity index (χ3v) is 3.87. The van der Waals surface area contributed by atoms with E-state index in [1.807, 2.05) is 5.32 Å². The molecule has 0 spiro atoms. The third kappa shape index (κ3) is 2.35. The van der Waals surface area contributed by atoms with Gasteiger partial charge in [-0.05, 0) is 12.1 Å². The van der Waals surface area contributed by atoms with Gasteiger partial charge in [0.25, 0.3) is 17.7 Å². The van der Waals surface area contributed by atoms with Crippen molar-refractivity contribution in [2.24, 2.45) is 0 Å². The lowest BCUT2D eigenvalue weighted by atomic mass is 10.0. The van der Waals surface area contributed by atoms with Crippen molar-refractivity contribution in [2.75, 3.05) is 5.32 Å². The zero-order chi connectivity index (χ0) is 17.6. The van der Waals surface area contributed by atoms with Crippen LogP contribution in [0.25, 0.3) is 0 Å². The number of fused-ring (bicyclic) bond motifs is 1. The summed E-state index contributed by atoms with van der Waals surface area (Å²) in [7, 11) is 0. The topological polar surface area (TPSA) is 133 Å². The molecular formula is C15H13N3O6. The number of amides is 5. The number of nitrogens with zero attached hydrogens (tertiary/aromatic N) is 1. The second kappa shape index (κ2) is 5.53. The van der Waals surface area contributed by atoms with Gasteiger partial charge < -0.3 is 10.4 Å². The molecule has 2 unspecified atom stereocenters. The first-order valence-electron chi connectivity index (χ1n) is 7.12. The zero-order valence-corrected chi connectivity index (χ0v) is 12.5. The van der Waals surface area contributed by atoms with Crippen LogP contribution in [0.4, 0.5) is 5.69 Å².